The third-order valence-electron chi connectivity index (χ3n) is 4.69. The van der Waals surface area contributed by atoms with Gasteiger partial charge in [-0.1, -0.05) is 6.07 Å². The molecule has 7 nitrogen and oxygen atoms in total. The molecule has 1 aliphatic rings. The van der Waals surface area contributed by atoms with Gasteiger partial charge in [-0.15, -0.1) is 0 Å². The lowest BCUT2D eigenvalue weighted by Crippen LogP contribution is -2.36. The zero-order chi connectivity index (χ0) is 20.9. The van der Waals surface area contributed by atoms with Crippen molar-refractivity contribution in [2.24, 2.45) is 0 Å². The van der Waals surface area contributed by atoms with Crippen molar-refractivity contribution in [1.82, 2.24) is 9.97 Å². The summed E-state index contributed by atoms with van der Waals surface area (Å²) < 4.78 is 19.5. The lowest BCUT2D eigenvalue weighted by molar-refractivity contribution is 0.102. The van der Waals surface area contributed by atoms with Crippen LogP contribution in [0.25, 0.3) is 0 Å². The number of nitrogens with one attached hydrogen (secondary N) is 2. The van der Waals surface area contributed by atoms with Gasteiger partial charge in [0.25, 0.3) is 5.91 Å². The van der Waals surface area contributed by atoms with E-state index in [4.69, 9.17) is 4.74 Å². The number of halogens is 1. The number of ether oxygens (including phenoxy) is 1. The second kappa shape index (κ2) is 8.87. The maximum absolute atomic E-state index is 14.1. The summed E-state index contributed by atoms with van der Waals surface area (Å²) in [5.41, 5.74) is 3.08. The molecule has 0 spiro atoms. The van der Waals surface area contributed by atoms with Crippen LogP contribution in [0.3, 0.4) is 0 Å². The van der Waals surface area contributed by atoms with Crippen molar-refractivity contribution < 1.29 is 13.9 Å². The molecule has 1 amide bonds. The first kappa shape index (κ1) is 19.8. The summed E-state index contributed by atoms with van der Waals surface area (Å²) in [6.45, 7) is 4.45. The van der Waals surface area contributed by atoms with Gasteiger partial charge in [-0.05, 0) is 49.4 Å². The van der Waals surface area contributed by atoms with Gasteiger partial charge in [0.1, 0.15) is 5.82 Å². The zero-order valence-electron chi connectivity index (χ0n) is 16.6. The van der Waals surface area contributed by atoms with Crippen molar-refractivity contribution in [3.05, 3.63) is 71.8 Å². The molecule has 0 aliphatic carbocycles. The van der Waals surface area contributed by atoms with Crippen LogP contribution < -0.4 is 15.5 Å². The van der Waals surface area contributed by atoms with E-state index in [-0.39, 0.29) is 5.91 Å². The van der Waals surface area contributed by atoms with Crippen molar-refractivity contribution in [2.45, 2.75) is 6.92 Å². The number of carbonyl (C=O) groups is 1. The SMILES string of the molecule is Cc1ccnc(Nc2cccc(C(=O)Nc3cc(F)cc(N4CCOCC4)c3)c2)n1. The normalized spacial score (nSPS) is 13.7. The quantitative estimate of drug-likeness (QED) is 0.671. The van der Waals surface area contributed by atoms with E-state index >= 15 is 0 Å². The zero-order valence-corrected chi connectivity index (χ0v) is 16.6. The third-order valence-corrected chi connectivity index (χ3v) is 4.69. The molecule has 4 rings (SSSR count). The average Bonchev–Trinajstić information content (AvgIpc) is 2.74. The molecule has 3 aromatic rings. The standard InChI is InChI=1S/C22H22FN5O2/c1-15-5-6-24-22(25-15)27-18-4-2-3-16(11-18)21(29)26-19-12-17(23)13-20(14-19)28-7-9-30-10-8-28/h2-6,11-14H,7-10H2,1H3,(H,26,29)(H,24,25,27). The summed E-state index contributed by atoms with van der Waals surface area (Å²) in [5, 5.41) is 5.87. The number of carbonyl (C=O) groups excluding carboxylic acids is 1. The van der Waals surface area contributed by atoms with Gasteiger partial charge < -0.3 is 20.3 Å². The highest BCUT2D eigenvalue weighted by molar-refractivity contribution is 6.05. The Balaban J connectivity index is 1.49. The van der Waals surface area contributed by atoms with Crippen molar-refractivity contribution in [2.75, 3.05) is 41.8 Å². The van der Waals surface area contributed by atoms with Crippen LogP contribution in [0.2, 0.25) is 0 Å². The summed E-state index contributed by atoms with van der Waals surface area (Å²) in [7, 11) is 0. The number of benzene rings is 2. The topological polar surface area (TPSA) is 79.4 Å². The van der Waals surface area contributed by atoms with Crippen LogP contribution in [0.15, 0.2) is 54.7 Å². The molecule has 2 N–H and O–H groups in total. The number of rotatable bonds is 5. The highest BCUT2D eigenvalue weighted by Gasteiger charge is 2.14. The molecule has 1 fully saturated rings. The van der Waals surface area contributed by atoms with Gasteiger partial charge in [-0.25, -0.2) is 14.4 Å². The lowest BCUT2D eigenvalue weighted by atomic mass is 10.1. The van der Waals surface area contributed by atoms with Gasteiger partial charge in [-0.2, -0.15) is 0 Å². The minimum Gasteiger partial charge on any atom is -0.378 e. The Kier molecular flexibility index (Phi) is 5.85. The van der Waals surface area contributed by atoms with Gasteiger partial charge in [0.15, 0.2) is 0 Å². The van der Waals surface area contributed by atoms with Gasteiger partial charge in [0.2, 0.25) is 5.95 Å². The van der Waals surface area contributed by atoms with Crippen LogP contribution >= 0.6 is 0 Å². The Morgan fingerprint density at radius 1 is 1.10 bits per heavy atom. The van der Waals surface area contributed by atoms with Crippen molar-refractivity contribution >= 4 is 28.9 Å². The molecule has 1 saturated heterocycles. The fraction of sp³-hybridized carbons (Fsp3) is 0.227. The smallest absolute Gasteiger partial charge is 0.255 e. The lowest BCUT2D eigenvalue weighted by Gasteiger charge is -2.29. The molecule has 0 bridgehead atoms. The molecule has 0 saturated carbocycles. The molecule has 1 aromatic heterocycles. The monoisotopic (exact) mass is 407 g/mol. The highest BCUT2D eigenvalue weighted by Crippen LogP contribution is 2.24. The van der Waals surface area contributed by atoms with E-state index in [2.05, 4.69) is 20.6 Å². The first-order valence-electron chi connectivity index (χ1n) is 9.68. The minimum absolute atomic E-state index is 0.331. The van der Waals surface area contributed by atoms with E-state index in [1.807, 2.05) is 17.9 Å². The van der Waals surface area contributed by atoms with E-state index in [0.717, 1.165) is 11.4 Å². The highest BCUT2D eigenvalue weighted by atomic mass is 19.1. The number of morpholine rings is 1. The third kappa shape index (κ3) is 4.90. The average molecular weight is 407 g/mol. The molecule has 2 heterocycles. The van der Waals surface area contributed by atoms with Crippen LogP contribution in [0, 0.1) is 12.7 Å². The van der Waals surface area contributed by atoms with Crippen molar-refractivity contribution in [3.8, 4) is 0 Å². The molecule has 8 heteroatoms. The minimum atomic E-state index is -0.402. The molecular weight excluding hydrogens is 385 g/mol. The largest absolute Gasteiger partial charge is 0.378 e. The van der Waals surface area contributed by atoms with E-state index in [1.54, 1.807) is 36.5 Å². The van der Waals surface area contributed by atoms with E-state index in [1.165, 1.54) is 12.1 Å². The molecular formula is C22H22FN5O2. The molecule has 0 radical (unpaired) electrons. The Labute approximate surface area is 173 Å². The van der Waals surface area contributed by atoms with Crippen LogP contribution in [-0.4, -0.2) is 42.2 Å². The van der Waals surface area contributed by atoms with Crippen LogP contribution in [0.4, 0.5) is 27.4 Å². The fourth-order valence-electron chi connectivity index (χ4n) is 3.23. The number of hydrogen-bond donors (Lipinski definition) is 2. The molecule has 30 heavy (non-hydrogen) atoms. The van der Waals surface area contributed by atoms with E-state index in [9.17, 15) is 9.18 Å². The fourth-order valence-corrected chi connectivity index (χ4v) is 3.23. The van der Waals surface area contributed by atoms with Crippen LogP contribution in [-0.2, 0) is 4.74 Å². The summed E-state index contributed by atoms with van der Waals surface area (Å²) in [4.78, 5) is 23.2. The van der Waals surface area contributed by atoms with Crippen LogP contribution in [0.1, 0.15) is 16.1 Å². The number of amides is 1. The summed E-state index contributed by atoms with van der Waals surface area (Å²) in [6.07, 6.45) is 1.66. The first-order chi connectivity index (χ1) is 14.6. The molecule has 2 aromatic carbocycles. The van der Waals surface area contributed by atoms with Gasteiger partial charge in [0, 0.05) is 47.6 Å². The maximum Gasteiger partial charge on any atom is 0.255 e. The van der Waals surface area contributed by atoms with Crippen molar-refractivity contribution in [3.63, 3.8) is 0 Å². The maximum atomic E-state index is 14.1. The number of hydrogen-bond acceptors (Lipinski definition) is 6. The number of aromatic nitrogens is 2. The molecule has 0 unspecified atom stereocenters. The summed E-state index contributed by atoms with van der Waals surface area (Å²) >= 11 is 0. The Bertz CT molecular complexity index is 1050. The predicted molar refractivity (Wildman–Crippen MR) is 114 cm³/mol. The van der Waals surface area contributed by atoms with Crippen LogP contribution in [0.5, 0.6) is 0 Å². The summed E-state index contributed by atoms with van der Waals surface area (Å²) in [5.74, 6) is -0.281. The second-order valence-corrected chi connectivity index (χ2v) is 6.98. The van der Waals surface area contributed by atoms with Gasteiger partial charge in [-0.3, -0.25) is 4.79 Å². The Morgan fingerprint density at radius 2 is 1.93 bits per heavy atom. The second-order valence-electron chi connectivity index (χ2n) is 6.98. The van der Waals surface area contributed by atoms with E-state index < -0.39 is 5.82 Å². The number of anilines is 4. The molecule has 0 atom stereocenters. The van der Waals surface area contributed by atoms with E-state index in [0.29, 0.717) is 49.2 Å². The molecule has 154 valence electrons. The first-order valence-corrected chi connectivity index (χ1v) is 9.68. The number of aryl methyl sites for hydroxylation is 1. The van der Waals surface area contributed by atoms with Gasteiger partial charge >= 0.3 is 0 Å². The van der Waals surface area contributed by atoms with Crippen molar-refractivity contribution in [1.29, 1.82) is 0 Å². The van der Waals surface area contributed by atoms with Gasteiger partial charge in [0.05, 0.1) is 13.2 Å². The Hall–Kier alpha value is -3.52. The number of nitrogens with zero attached hydrogens (tertiary/aromatic N) is 3. The predicted octanol–water partition coefficient (Wildman–Crippen LogP) is 3.76. The molecule has 1 aliphatic heterocycles. The summed E-state index contributed by atoms with van der Waals surface area (Å²) in [6, 6.07) is 13.3. The Morgan fingerprint density at radius 3 is 2.73 bits per heavy atom.